The molecule has 1 atom stereocenters. The number of methoxy groups -OCH3 is 1. The summed E-state index contributed by atoms with van der Waals surface area (Å²) >= 11 is 0. The number of allylic oxidation sites excluding steroid dienone is 1. The Morgan fingerprint density at radius 2 is 1.81 bits per heavy atom. The predicted molar refractivity (Wildman–Crippen MR) is 120 cm³/mol. The van der Waals surface area contributed by atoms with Crippen LogP contribution in [-0.4, -0.2) is 28.7 Å². The molecule has 2 aromatic carbocycles. The van der Waals surface area contributed by atoms with Gasteiger partial charge in [-0.15, -0.1) is 0 Å². The number of benzene rings is 2. The van der Waals surface area contributed by atoms with Gasteiger partial charge in [0.05, 0.1) is 29.8 Å². The fourth-order valence-corrected chi connectivity index (χ4v) is 4.73. The molecule has 1 aromatic heterocycles. The van der Waals surface area contributed by atoms with Gasteiger partial charge in [-0.25, -0.2) is 9.78 Å². The van der Waals surface area contributed by atoms with Crippen LogP contribution in [0.2, 0.25) is 0 Å². The summed E-state index contributed by atoms with van der Waals surface area (Å²) in [5, 5.41) is 3.35. The van der Waals surface area contributed by atoms with Gasteiger partial charge in [-0.2, -0.15) is 0 Å². The molecule has 0 amide bonds. The predicted octanol–water partition coefficient (Wildman–Crippen LogP) is 5.21. The summed E-state index contributed by atoms with van der Waals surface area (Å²) in [6, 6.07) is 15.5. The molecular formula is C25H27N3O3. The highest BCUT2D eigenvalue weighted by atomic mass is 16.5. The summed E-state index contributed by atoms with van der Waals surface area (Å²) in [5.74, 6) is 1.26. The minimum Gasteiger partial charge on any atom is -0.497 e. The van der Waals surface area contributed by atoms with Gasteiger partial charge in [-0.1, -0.05) is 30.7 Å². The first-order valence-corrected chi connectivity index (χ1v) is 11.0. The van der Waals surface area contributed by atoms with E-state index in [1.165, 1.54) is 6.42 Å². The molecule has 0 spiro atoms. The third kappa shape index (κ3) is 3.56. The molecule has 1 aliphatic heterocycles. The number of para-hydroxylation sites is 2. The van der Waals surface area contributed by atoms with Gasteiger partial charge in [-0.05, 0) is 62.4 Å². The molecular weight excluding hydrogens is 390 g/mol. The molecule has 3 aromatic rings. The molecule has 0 bridgehead atoms. The smallest absolute Gasteiger partial charge is 0.338 e. The van der Waals surface area contributed by atoms with Crippen LogP contribution in [-0.2, 0) is 9.53 Å². The molecule has 2 heterocycles. The number of imidazole rings is 1. The Balaban J connectivity index is 1.61. The van der Waals surface area contributed by atoms with E-state index in [0.717, 1.165) is 59.7 Å². The maximum absolute atomic E-state index is 13.5. The zero-order valence-electron chi connectivity index (χ0n) is 17.9. The van der Waals surface area contributed by atoms with Gasteiger partial charge < -0.3 is 14.8 Å². The van der Waals surface area contributed by atoms with Gasteiger partial charge in [0, 0.05) is 5.70 Å². The summed E-state index contributed by atoms with van der Waals surface area (Å²) in [5.41, 5.74) is 4.26. The second-order valence-electron chi connectivity index (χ2n) is 8.30. The molecule has 6 heteroatoms. The minimum atomic E-state index is -0.328. The lowest BCUT2D eigenvalue weighted by atomic mass is 9.94. The SMILES string of the molecule is COc1ccc(C2C(C(=O)OC3CCCCC3)=C(C)Nc3nc4ccccc4n32)cc1. The van der Waals surface area contributed by atoms with Crippen molar-refractivity contribution < 1.29 is 14.3 Å². The number of ether oxygens (including phenoxy) is 2. The summed E-state index contributed by atoms with van der Waals surface area (Å²) in [7, 11) is 1.65. The molecule has 6 nitrogen and oxygen atoms in total. The fraction of sp³-hybridized carbons (Fsp3) is 0.360. The Kier molecular flexibility index (Phi) is 5.14. The minimum absolute atomic E-state index is 0.000930. The normalized spacial score (nSPS) is 19.1. The van der Waals surface area contributed by atoms with Crippen LogP contribution in [0.4, 0.5) is 5.95 Å². The molecule has 1 saturated carbocycles. The van der Waals surface area contributed by atoms with E-state index in [2.05, 4.69) is 9.88 Å². The van der Waals surface area contributed by atoms with Crippen LogP contribution in [0.15, 0.2) is 59.8 Å². The average Bonchev–Trinajstić information content (AvgIpc) is 3.16. The number of esters is 1. The van der Waals surface area contributed by atoms with E-state index in [9.17, 15) is 4.79 Å². The Bertz CT molecular complexity index is 1140. The number of aromatic nitrogens is 2. The number of fused-ring (bicyclic) bond motifs is 3. The zero-order chi connectivity index (χ0) is 21.4. The average molecular weight is 418 g/mol. The quantitative estimate of drug-likeness (QED) is 0.591. The van der Waals surface area contributed by atoms with Crippen molar-refractivity contribution in [3.05, 3.63) is 65.4 Å². The van der Waals surface area contributed by atoms with E-state index >= 15 is 0 Å². The van der Waals surface area contributed by atoms with E-state index in [1.54, 1.807) is 7.11 Å². The van der Waals surface area contributed by atoms with E-state index in [1.807, 2.05) is 55.5 Å². The zero-order valence-corrected chi connectivity index (χ0v) is 17.9. The highest BCUT2D eigenvalue weighted by Gasteiger charge is 2.36. The van der Waals surface area contributed by atoms with E-state index < -0.39 is 0 Å². The first-order chi connectivity index (χ1) is 15.2. The monoisotopic (exact) mass is 417 g/mol. The number of rotatable bonds is 4. The van der Waals surface area contributed by atoms with Gasteiger partial charge in [-0.3, -0.25) is 4.57 Å². The molecule has 1 aliphatic carbocycles. The Morgan fingerprint density at radius 1 is 1.06 bits per heavy atom. The number of hydrogen-bond donors (Lipinski definition) is 1. The largest absolute Gasteiger partial charge is 0.497 e. The third-order valence-corrected chi connectivity index (χ3v) is 6.31. The van der Waals surface area contributed by atoms with Gasteiger partial charge in [0.2, 0.25) is 5.95 Å². The summed E-state index contributed by atoms with van der Waals surface area (Å²) < 4.78 is 13.4. The number of anilines is 1. The Morgan fingerprint density at radius 3 is 2.55 bits per heavy atom. The lowest BCUT2D eigenvalue weighted by molar-refractivity contribution is -0.146. The van der Waals surface area contributed by atoms with Crippen LogP contribution in [0.1, 0.15) is 50.6 Å². The highest BCUT2D eigenvalue weighted by molar-refractivity contribution is 5.94. The van der Waals surface area contributed by atoms with Gasteiger partial charge in [0.15, 0.2) is 0 Å². The first kappa shape index (κ1) is 19.7. The highest BCUT2D eigenvalue weighted by Crippen LogP contribution is 2.40. The second-order valence-corrected chi connectivity index (χ2v) is 8.30. The van der Waals surface area contributed by atoms with Crippen molar-refractivity contribution in [1.29, 1.82) is 0 Å². The molecule has 1 N–H and O–H groups in total. The summed E-state index contributed by atoms with van der Waals surface area (Å²) in [4.78, 5) is 18.2. The lowest BCUT2D eigenvalue weighted by Gasteiger charge is -2.31. The molecule has 5 rings (SSSR count). The maximum atomic E-state index is 13.5. The van der Waals surface area contributed by atoms with Crippen LogP contribution < -0.4 is 10.1 Å². The van der Waals surface area contributed by atoms with Crippen molar-refractivity contribution in [3.63, 3.8) is 0 Å². The summed E-state index contributed by atoms with van der Waals surface area (Å²) in [6.07, 6.45) is 5.34. The number of carbonyl (C=O) groups excluding carboxylic acids is 1. The van der Waals surface area contributed by atoms with E-state index in [4.69, 9.17) is 14.5 Å². The van der Waals surface area contributed by atoms with E-state index in [-0.39, 0.29) is 18.1 Å². The Hall–Kier alpha value is -3.28. The second kappa shape index (κ2) is 8.10. The maximum Gasteiger partial charge on any atom is 0.338 e. The number of hydrogen-bond acceptors (Lipinski definition) is 5. The Labute approximate surface area is 181 Å². The van der Waals surface area contributed by atoms with Gasteiger partial charge >= 0.3 is 5.97 Å². The van der Waals surface area contributed by atoms with Crippen molar-refractivity contribution in [2.24, 2.45) is 0 Å². The number of carbonyl (C=O) groups is 1. The van der Waals surface area contributed by atoms with E-state index in [0.29, 0.717) is 5.57 Å². The van der Waals surface area contributed by atoms with Crippen molar-refractivity contribution in [3.8, 4) is 5.75 Å². The number of nitrogens with one attached hydrogen (secondary N) is 1. The lowest BCUT2D eigenvalue weighted by Crippen LogP contribution is -2.31. The van der Waals surface area contributed by atoms with Crippen LogP contribution >= 0.6 is 0 Å². The number of nitrogens with zero attached hydrogens (tertiary/aromatic N) is 2. The molecule has 31 heavy (non-hydrogen) atoms. The van der Waals surface area contributed by atoms with Crippen molar-refractivity contribution in [1.82, 2.24) is 9.55 Å². The van der Waals surface area contributed by atoms with Gasteiger partial charge in [0.25, 0.3) is 0 Å². The van der Waals surface area contributed by atoms with Crippen LogP contribution in [0.5, 0.6) is 5.75 Å². The molecule has 1 fully saturated rings. The van der Waals surface area contributed by atoms with Crippen LogP contribution in [0.3, 0.4) is 0 Å². The van der Waals surface area contributed by atoms with Crippen LogP contribution in [0, 0.1) is 0 Å². The van der Waals surface area contributed by atoms with Crippen molar-refractivity contribution in [2.45, 2.75) is 51.2 Å². The van der Waals surface area contributed by atoms with Gasteiger partial charge in [0.1, 0.15) is 11.9 Å². The standard InChI is InChI=1S/C25H27N3O3/c1-16-22(24(29)31-19-8-4-3-5-9-19)23(17-12-14-18(30-2)15-13-17)28-21-11-7-6-10-20(21)27-25(28)26-16/h6-7,10-15,19,23H,3-5,8-9H2,1-2H3,(H,26,27). The molecule has 0 radical (unpaired) electrons. The van der Waals surface area contributed by atoms with Crippen LogP contribution in [0.25, 0.3) is 11.0 Å². The fourth-order valence-electron chi connectivity index (χ4n) is 4.73. The molecule has 0 saturated heterocycles. The third-order valence-electron chi connectivity index (χ3n) is 6.31. The first-order valence-electron chi connectivity index (χ1n) is 11.0. The molecule has 2 aliphatic rings. The summed E-state index contributed by atoms with van der Waals surface area (Å²) in [6.45, 7) is 1.93. The van der Waals surface area contributed by atoms with Crippen molar-refractivity contribution in [2.75, 3.05) is 12.4 Å². The molecule has 1 unspecified atom stereocenters. The topological polar surface area (TPSA) is 65.4 Å². The molecule has 160 valence electrons. The van der Waals surface area contributed by atoms with Crippen molar-refractivity contribution >= 4 is 23.0 Å².